The van der Waals surface area contributed by atoms with Gasteiger partial charge in [0.25, 0.3) is 0 Å². The molecule has 124 valence electrons. The van der Waals surface area contributed by atoms with Gasteiger partial charge in [-0.15, -0.1) is 0 Å². The monoisotopic (exact) mass is 333 g/mol. The van der Waals surface area contributed by atoms with Crippen molar-refractivity contribution in [2.75, 3.05) is 0 Å². The lowest BCUT2D eigenvalue weighted by Gasteiger charge is -2.12. The van der Waals surface area contributed by atoms with Gasteiger partial charge in [-0.3, -0.25) is 0 Å². The van der Waals surface area contributed by atoms with E-state index in [4.69, 9.17) is 0 Å². The van der Waals surface area contributed by atoms with Crippen molar-refractivity contribution in [1.29, 1.82) is 0 Å². The second-order valence-electron chi connectivity index (χ2n) is 5.58. The Kier molecular flexibility index (Phi) is 7.65. The summed E-state index contributed by atoms with van der Waals surface area (Å²) in [5.74, 6) is 0. The summed E-state index contributed by atoms with van der Waals surface area (Å²) >= 11 is 0. The number of aryl methyl sites for hydroxylation is 3. The number of nitrogens with zero attached hydrogens (tertiary/aromatic N) is 1. The summed E-state index contributed by atoms with van der Waals surface area (Å²) in [7, 11) is -2.50. The number of hydrogen-bond donors (Lipinski definition) is 1. The highest BCUT2D eigenvalue weighted by Gasteiger charge is 2.16. The van der Waals surface area contributed by atoms with Crippen molar-refractivity contribution in [3.05, 3.63) is 70.8 Å². The first-order chi connectivity index (χ1) is 10.8. The smallest absolute Gasteiger partial charge is 0.311 e. The Labute approximate surface area is 139 Å². The predicted octanol–water partition coefficient (Wildman–Crippen LogP) is 3.78. The minimum Gasteiger partial charge on any atom is -0.391 e. The Morgan fingerprint density at radius 3 is 1.70 bits per heavy atom. The molecular weight excluding hydrogens is 310 g/mol. The number of benzene rings is 2. The summed E-state index contributed by atoms with van der Waals surface area (Å²) < 4.78 is 24.2. The second kappa shape index (κ2) is 9.22. The van der Waals surface area contributed by atoms with Crippen molar-refractivity contribution in [1.82, 2.24) is 0 Å². The number of aliphatic hydroxyl groups is 1. The van der Waals surface area contributed by atoms with Crippen molar-refractivity contribution in [2.24, 2.45) is 4.36 Å². The van der Waals surface area contributed by atoms with Gasteiger partial charge in [0.15, 0.2) is 0 Å². The van der Waals surface area contributed by atoms with E-state index in [0.717, 1.165) is 0 Å². The molecule has 0 aromatic heterocycles. The zero-order valence-corrected chi connectivity index (χ0v) is 14.7. The molecule has 0 aliphatic carbocycles. The summed E-state index contributed by atoms with van der Waals surface area (Å²) in [4.78, 5) is 0. The van der Waals surface area contributed by atoms with E-state index in [-0.39, 0.29) is 0 Å². The zero-order valence-electron chi connectivity index (χ0n) is 13.9. The average molecular weight is 333 g/mol. The highest BCUT2D eigenvalue weighted by atomic mass is 32.2. The van der Waals surface area contributed by atoms with Crippen LogP contribution in [-0.2, 0) is 10.5 Å². The first-order valence-corrected chi connectivity index (χ1v) is 8.41. The number of rotatable bonds is 3. The van der Waals surface area contributed by atoms with Crippen molar-refractivity contribution < 1.29 is 13.5 Å². The first-order valence-electron chi connectivity index (χ1n) is 7.37. The Morgan fingerprint density at radius 2 is 1.35 bits per heavy atom. The van der Waals surface area contributed by atoms with Crippen LogP contribution in [0.3, 0.4) is 0 Å². The second-order valence-corrected chi connectivity index (χ2v) is 6.23. The van der Waals surface area contributed by atoms with Crippen LogP contribution in [0.4, 0.5) is 0 Å². The molecule has 0 radical (unpaired) electrons. The van der Waals surface area contributed by atoms with E-state index in [0.29, 0.717) is 5.56 Å². The largest absolute Gasteiger partial charge is 0.391 e. The Balaban J connectivity index is 0.000000253. The van der Waals surface area contributed by atoms with Gasteiger partial charge in [-0.2, -0.15) is 12.8 Å². The molecule has 2 rings (SSSR count). The molecule has 23 heavy (non-hydrogen) atoms. The van der Waals surface area contributed by atoms with Gasteiger partial charge in [0.2, 0.25) is 0 Å². The van der Waals surface area contributed by atoms with Crippen LogP contribution in [0.25, 0.3) is 0 Å². The molecule has 0 heterocycles. The minimum atomic E-state index is -2.50. The Morgan fingerprint density at radius 1 is 0.913 bits per heavy atom. The van der Waals surface area contributed by atoms with Gasteiger partial charge < -0.3 is 5.11 Å². The summed E-state index contributed by atoms with van der Waals surface area (Å²) in [6, 6.07) is 14.7. The molecule has 4 nitrogen and oxygen atoms in total. The Bertz CT molecular complexity index is 695. The van der Waals surface area contributed by atoms with Crippen molar-refractivity contribution in [3.8, 4) is 0 Å². The maximum atomic E-state index is 10.4. The molecule has 2 aromatic carbocycles. The maximum absolute atomic E-state index is 10.4. The van der Waals surface area contributed by atoms with Gasteiger partial charge in [-0.25, -0.2) is 0 Å². The lowest BCUT2D eigenvalue weighted by atomic mass is 10.0. The van der Waals surface area contributed by atoms with Gasteiger partial charge in [-0.05, 0) is 33.3 Å². The molecule has 1 N–H and O–H groups in total. The molecule has 0 bridgehead atoms. The quantitative estimate of drug-likeness (QED) is 0.929. The third-order valence-corrected chi connectivity index (χ3v) is 3.56. The van der Waals surface area contributed by atoms with E-state index in [9.17, 15) is 13.5 Å². The fourth-order valence-corrected chi connectivity index (χ4v) is 2.86. The average Bonchev–Trinajstić information content (AvgIpc) is 2.44. The van der Waals surface area contributed by atoms with Gasteiger partial charge in [0, 0.05) is 0 Å². The van der Waals surface area contributed by atoms with E-state index in [1.54, 1.807) is 24.3 Å². The van der Waals surface area contributed by atoms with E-state index in [1.807, 2.05) is 6.07 Å². The SMILES string of the molecule is CC(O)C(N=S(=O)=O)c1ccccc1.Cc1cc(C)cc(C)c1. The molecule has 0 saturated heterocycles. The van der Waals surface area contributed by atoms with Crippen LogP contribution in [0.5, 0.6) is 0 Å². The molecule has 0 amide bonds. The highest BCUT2D eigenvalue weighted by molar-refractivity contribution is 7.61. The lowest BCUT2D eigenvalue weighted by Crippen LogP contribution is -2.12. The molecule has 0 aliphatic heterocycles. The Hall–Kier alpha value is -1.98. The summed E-state index contributed by atoms with van der Waals surface area (Å²) in [5, 5.41) is 9.35. The molecule has 0 aliphatic rings. The van der Waals surface area contributed by atoms with Crippen LogP contribution < -0.4 is 0 Å². The van der Waals surface area contributed by atoms with E-state index >= 15 is 0 Å². The van der Waals surface area contributed by atoms with E-state index in [1.165, 1.54) is 23.6 Å². The standard InChI is InChI=1S/C9H11NO3S.C9H12/c1-7(11)9(10-14(12)13)8-5-3-2-4-6-8;1-7-4-8(2)6-9(3)5-7/h2-7,9,11H,1H3;4-6H,1-3H3. The fraction of sp³-hybridized carbons (Fsp3) is 0.333. The third-order valence-electron chi connectivity index (χ3n) is 3.16. The molecule has 0 fully saturated rings. The maximum Gasteiger partial charge on any atom is 0.311 e. The number of hydrogen-bond acceptors (Lipinski definition) is 4. The highest BCUT2D eigenvalue weighted by Crippen LogP contribution is 2.20. The van der Waals surface area contributed by atoms with Crippen molar-refractivity contribution in [2.45, 2.75) is 39.8 Å². The van der Waals surface area contributed by atoms with Gasteiger partial charge >= 0.3 is 10.5 Å². The van der Waals surface area contributed by atoms with E-state index in [2.05, 4.69) is 43.3 Å². The summed E-state index contributed by atoms with van der Waals surface area (Å²) in [5.41, 5.74) is 4.75. The predicted molar refractivity (Wildman–Crippen MR) is 92.9 cm³/mol. The van der Waals surface area contributed by atoms with Gasteiger partial charge in [0.05, 0.1) is 6.10 Å². The molecule has 5 heteroatoms. The lowest BCUT2D eigenvalue weighted by molar-refractivity contribution is 0.166. The van der Waals surface area contributed by atoms with Crippen LogP contribution in [0, 0.1) is 20.8 Å². The van der Waals surface area contributed by atoms with Gasteiger partial charge in [-0.1, -0.05) is 65.2 Å². The molecule has 2 unspecified atom stereocenters. The molecular formula is C18H23NO3S. The van der Waals surface area contributed by atoms with Crippen LogP contribution in [0.1, 0.15) is 35.2 Å². The van der Waals surface area contributed by atoms with Crippen molar-refractivity contribution >= 4 is 10.5 Å². The molecule has 0 saturated carbocycles. The molecule has 0 spiro atoms. The van der Waals surface area contributed by atoms with E-state index < -0.39 is 22.6 Å². The van der Waals surface area contributed by atoms with Gasteiger partial charge in [0.1, 0.15) is 6.04 Å². The van der Waals surface area contributed by atoms with Crippen LogP contribution in [-0.4, -0.2) is 19.6 Å². The van der Waals surface area contributed by atoms with Crippen LogP contribution >= 0.6 is 0 Å². The summed E-state index contributed by atoms with van der Waals surface area (Å²) in [6.07, 6.45) is -0.824. The normalized spacial score (nSPS) is 12.6. The van der Waals surface area contributed by atoms with Crippen LogP contribution in [0.15, 0.2) is 52.9 Å². The van der Waals surface area contributed by atoms with Crippen LogP contribution in [0.2, 0.25) is 0 Å². The molecule has 2 aromatic rings. The molecule has 2 atom stereocenters. The zero-order chi connectivity index (χ0) is 17.4. The topological polar surface area (TPSA) is 66.7 Å². The summed E-state index contributed by atoms with van der Waals surface area (Å²) in [6.45, 7) is 7.88. The first kappa shape index (κ1) is 19.1. The fourth-order valence-electron chi connectivity index (χ4n) is 2.37. The number of aliphatic hydroxyl groups excluding tert-OH is 1. The third kappa shape index (κ3) is 7.21. The minimum absolute atomic E-state index is 0.687. The van der Waals surface area contributed by atoms with Crippen molar-refractivity contribution in [3.63, 3.8) is 0 Å².